The number of nitrogens with zero attached hydrogens (tertiary/aromatic N) is 4. The second-order valence-corrected chi connectivity index (χ2v) is 5.01. The van der Waals surface area contributed by atoms with Gasteiger partial charge in [-0.3, -0.25) is 10.1 Å². The highest BCUT2D eigenvalue weighted by Crippen LogP contribution is 2.23. The maximum atomic E-state index is 11.0. The molecule has 0 bridgehead atoms. The van der Waals surface area contributed by atoms with Crippen molar-refractivity contribution in [2.45, 2.75) is 13.3 Å². The molecule has 1 aliphatic heterocycles. The molecule has 0 saturated carbocycles. The van der Waals surface area contributed by atoms with Crippen LogP contribution >= 0.6 is 0 Å². The highest BCUT2D eigenvalue weighted by molar-refractivity contribution is 5.56. The van der Waals surface area contributed by atoms with Crippen molar-refractivity contribution in [2.75, 3.05) is 43.9 Å². The Labute approximate surface area is 117 Å². The Bertz CT molecular complexity index is 481. The lowest BCUT2D eigenvalue weighted by Crippen LogP contribution is -2.20. The number of aromatic nitrogens is 2. The summed E-state index contributed by atoms with van der Waals surface area (Å²) in [6.45, 7) is 5.36. The van der Waals surface area contributed by atoms with E-state index in [0.717, 1.165) is 19.5 Å². The van der Waals surface area contributed by atoms with Gasteiger partial charge in [-0.15, -0.1) is 0 Å². The van der Waals surface area contributed by atoms with E-state index in [1.54, 1.807) is 0 Å². The van der Waals surface area contributed by atoms with Gasteiger partial charge in [-0.1, -0.05) is 0 Å². The van der Waals surface area contributed by atoms with Crippen LogP contribution in [-0.2, 0) is 0 Å². The largest absolute Gasteiger partial charge is 0.364 e. The fourth-order valence-electron chi connectivity index (χ4n) is 2.32. The molecule has 2 N–H and O–H groups in total. The van der Waals surface area contributed by atoms with Crippen molar-refractivity contribution in [2.24, 2.45) is 5.92 Å². The molecule has 1 aromatic heterocycles. The summed E-state index contributed by atoms with van der Waals surface area (Å²) >= 11 is 0. The lowest BCUT2D eigenvalue weighted by molar-refractivity contribution is -0.384. The maximum absolute atomic E-state index is 11.0. The van der Waals surface area contributed by atoms with Gasteiger partial charge in [-0.25, -0.2) is 4.98 Å². The van der Waals surface area contributed by atoms with Gasteiger partial charge >= 0.3 is 5.69 Å². The van der Waals surface area contributed by atoms with E-state index in [0.29, 0.717) is 25.0 Å². The Morgan fingerprint density at radius 2 is 2.35 bits per heavy atom. The lowest BCUT2D eigenvalue weighted by atomic mass is 10.1. The third-order valence-electron chi connectivity index (χ3n) is 3.35. The number of nitrogens with one attached hydrogen (secondary N) is 2. The average molecular weight is 280 g/mol. The van der Waals surface area contributed by atoms with E-state index in [4.69, 9.17) is 0 Å². The summed E-state index contributed by atoms with van der Waals surface area (Å²) in [5.74, 6) is 1.19. The molecule has 0 aliphatic carbocycles. The van der Waals surface area contributed by atoms with Crippen molar-refractivity contribution in [3.05, 3.63) is 16.3 Å². The van der Waals surface area contributed by atoms with Crippen molar-refractivity contribution in [3.8, 4) is 0 Å². The van der Waals surface area contributed by atoms with Crippen molar-refractivity contribution >= 4 is 17.5 Å². The summed E-state index contributed by atoms with van der Waals surface area (Å²) in [5, 5.41) is 17.0. The Morgan fingerprint density at radius 1 is 1.55 bits per heavy atom. The number of hydrogen-bond acceptors (Lipinski definition) is 7. The Balaban J connectivity index is 2.07. The molecular formula is C12H20N6O2. The molecule has 0 spiro atoms. The molecule has 0 radical (unpaired) electrons. The minimum absolute atomic E-state index is 0.0852. The fraction of sp³-hybridized carbons (Fsp3) is 0.667. The monoisotopic (exact) mass is 280 g/mol. The molecule has 1 aromatic rings. The number of rotatable bonds is 6. The van der Waals surface area contributed by atoms with Crippen LogP contribution in [-0.4, -0.2) is 53.0 Å². The second-order valence-electron chi connectivity index (χ2n) is 5.01. The van der Waals surface area contributed by atoms with Crippen LogP contribution < -0.4 is 10.6 Å². The Kier molecular flexibility index (Phi) is 4.67. The molecule has 0 amide bonds. The molecule has 0 aromatic carbocycles. The highest BCUT2D eigenvalue weighted by atomic mass is 16.6. The van der Waals surface area contributed by atoms with Gasteiger partial charge in [-0.05, 0) is 32.9 Å². The van der Waals surface area contributed by atoms with Gasteiger partial charge in [-0.2, -0.15) is 4.98 Å². The van der Waals surface area contributed by atoms with Crippen LogP contribution in [0.2, 0.25) is 0 Å². The quantitative estimate of drug-likeness (QED) is 0.596. The van der Waals surface area contributed by atoms with Gasteiger partial charge in [0.2, 0.25) is 11.8 Å². The normalized spacial score (nSPS) is 19.0. The van der Waals surface area contributed by atoms with Crippen LogP contribution in [0.4, 0.5) is 17.5 Å². The predicted octanol–water partition coefficient (Wildman–Crippen LogP) is 1.18. The molecule has 1 aliphatic rings. The summed E-state index contributed by atoms with van der Waals surface area (Å²) in [4.78, 5) is 20.9. The summed E-state index contributed by atoms with van der Waals surface area (Å²) in [7, 11) is 2.08. The van der Waals surface area contributed by atoms with Crippen molar-refractivity contribution < 1.29 is 4.92 Å². The number of anilines is 2. The first-order valence-corrected chi connectivity index (χ1v) is 6.78. The average Bonchev–Trinajstić information content (AvgIpc) is 2.82. The van der Waals surface area contributed by atoms with E-state index in [2.05, 4.69) is 32.5 Å². The SMILES string of the molecule is CCNc1ncc([N+](=O)[O-])c(NCC2CCN(C)C2)n1. The second kappa shape index (κ2) is 6.47. The molecule has 1 unspecified atom stereocenters. The van der Waals surface area contributed by atoms with Gasteiger partial charge < -0.3 is 15.5 Å². The van der Waals surface area contributed by atoms with E-state index in [1.165, 1.54) is 6.20 Å². The summed E-state index contributed by atoms with van der Waals surface area (Å²) < 4.78 is 0. The molecule has 1 fully saturated rings. The zero-order valence-electron chi connectivity index (χ0n) is 11.8. The third-order valence-corrected chi connectivity index (χ3v) is 3.35. The first-order chi connectivity index (χ1) is 9.60. The zero-order valence-corrected chi connectivity index (χ0v) is 11.8. The van der Waals surface area contributed by atoms with E-state index in [9.17, 15) is 10.1 Å². The molecule has 2 heterocycles. The van der Waals surface area contributed by atoms with Crippen LogP contribution in [0.3, 0.4) is 0 Å². The van der Waals surface area contributed by atoms with Crippen LogP contribution in [0.15, 0.2) is 6.20 Å². The van der Waals surface area contributed by atoms with Gasteiger partial charge in [0.1, 0.15) is 6.20 Å². The predicted molar refractivity (Wildman–Crippen MR) is 76.9 cm³/mol. The van der Waals surface area contributed by atoms with E-state index >= 15 is 0 Å². The Hall–Kier alpha value is -1.96. The van der Waals surface area contributed by atoms with Crippen LogP contribution in [0.5, 0.6) is 0 Å². The molecule has 2 rings (SSSR count). The molecule has 1 saturated heterocycles. The van der Waals surface area contributed by atoms with Crippen molar-refractivity contribution in [1.82, 2.24) is 14.9 Å². The molecule has 1 atom stereocenters. The van der Waals surface area contributed by atoms with Crippen molar-refractivity contribution in [1.29, 1.82) is 0 Å². The minimum atomic E-state index is -0.459. The first-order valence-electron chi connectivity index (χ1n) is 6.78. The minimum Gasteiger partial charge on any atom is -0.364 e. The van der Waals surface area contributed by atoms with Crippen LogP contribution in [0, 0.1) is 16.0 Å². The smallest absolute Gasteiger partial charge is 0.329 e. The van der Waals surface area contributed by atoms with E-state index in [1.807, 2.05) is 6.92 Å². The van der Waals surface area contributed by atoms with Gasteiger partial charge in [0.05, 0.1) is 4.92 Å². The number of hydrogen-bond donors (Lipinski definition) is 2. The number of nitro groups is 1. The highest BCUT2D eigenvalue weighted by Gasteiger charge is 2.22. The maximum Gasteiger partial charge on any atom is 0.329 e. The summed E-state index contributed by atoms with van der Waals surface area (Å²) in [6.07, 6.45) is 2.34. The number of likely N-dealkylation sites (tertiary alicyclic amines) is 1. The lowest BCUT2D eigenvalue weighted by Gasteiger charge is -2.12. The molecule has 8 heteroatoms. The third kappa shape index (κ3) is 3.53. The van der Waals surface area contributed by atoms with Crippen LogP contribution in [0.25, 0.3) is 0 Å². The van der Waals surface area contributed by atoms with Crippen LogP contribution in [0.1, 0.15) is 13.3 Å². The van der Waals surface area contributed by atoms with Gasteiger partial charge in [0.25, 0.3) is 0 Å². The van der Waals surface area contributed by atoms with Crippen molar-refractivity contribution in [3.63, 3.8) is 0 Å². The molecular weight excluding hydrogens is 260 g/mol. The summed E-state index contributed by atoms with van der Waals surface area (Å²) in [6, 6.07) is 0. The topological polar surface area (TPSA) is 96.2 Å². The van der Waals surface area contributed by atoms with E-state index in [-0.39, 0.29) is 11.5 Å². The summed E-state index contributed by atoms with van der Waals surface area (Å²) in [5.41, 5.74) is -0.0852. The Morgan fingerprint density at radius 3 is 2.95 bits per heavy atom. The standard InChI is InChI=1S/C12H20N6O2/c1-3-13-12-15-7-10(18(19)20)11(16-12)14-6-9-4-5-17(2)8-9/h7,9H,3-6,8H2,1-2H3,(H2,13,14,15,16). The fourth-order valence-corrected chi connectivity index (χ4v) is 2.32. The van der Waals surface area contributed by atoms with Gasteiger partial charge in [0, 0.05) is 19.6 Å². The van der Waals surface area contributed by atoms with Gasteiger partial charge in [0.15, 0.2) is 0 Å². The molecule has 110 valence electrons. The first kappa shape index (κ1) is 14.4. The molecule has 8 nitrogen and oxygen atoms in total. The van der Waals surface area contributed by atoms with E-state index < -0.39 is 4.92 Å². The zero-order chi connectivity index (χ0) is 14.5. The molecule has 20 heavy (non-hydrogen) atoms.